The van der Waals surface area contributed by atoms with Gasteiger partial charge in [0.05, 0.1) is 12.1 Å². The van der Waals surface area contributed by atoms with E-state index in [4.69, 9.17) is 0 Å². The van der Waals surface area contributed by atoms with Crippen molar-refractivity contribution in [2.45, 2.75) is 12.5 Å². The van der Waals surface area contributed by atoms with E-state index in [1.807, 2.05) is 0 Å². The minimum absolute atomic E-state index is 0.119. The van der Waals surface area contributed by atoms with Crippen molar-refractivity contribution in [2.24, 2.45) is 0 Å². The zero-order valence-electron chi connectivity index (χ0n) is 11.4. The fraction of sp³-hybridized carbons (Fsp3) is 0.188. The van der Waals surface area contributed by atoms with Crippen LogP contribution in [0, 0.1) is 11.6 Å². The molecule has 2 N–H and O–H groups in total. The zero-order chi connectivity index (χ0) is 15.5. The van der Waals surface area contributed by atoms with E-state index in [0.717, 1.165) is 18.2 Å². The highest BCUT2D eigenvalue weighted by Crippen LogP contribution is 2.19. The number of halogens is 2. The van der Waals surface area contributed by atoms with Crippen LogP contribution in [0.3, 0.4) is 0 Å². The van der Waals surface area contributed by atoms with Gasteiger partial charge in [0.2, 0.25) is 0 Å². The van der Waals surface area contributed by atoms with Gasteiger partial charge in [0.15, 0.2) is 0 Å². The molecule has 1 unspecified atom stereocenters. The molecule has 3 nitrogen and oxygen atoms in total. The Balaban J connectivity index is 2.09. The van der Waals surface area contributed by atoms with Crippen molar-refractivity contribution in [3.8, 4) is 0 Å². The van der Waals surface area contributed by atoms with Crippen LogP contribution in [0.2, 0.25) is 0 Å². The Hall–Kier alpha value is -2.27. The summed E-state index contributed by atoms with van der Waals surface area (Å²) in [6, 6.07) is 11.4. The van der Waals surface area contributed by atoms with E-state index in [1.165, 1.54) is 6.92 Å². The molecule has 110 valence electrons. The maximum atomic E-state index is 13.5. The highest BCUT2D eigenvalue weighted by atomic mass is 19.1. The van der Waals surface area contributed by atoms with Crippen molar-refractivity contribution >= 4 is 5.91 Å². The number of carbonyl (C=O) groups excluding carboxylic acids is 1. The summed E-state index contributed by atoms with van der Waals surface area (Å²) in [5.74, 6) is -2.28. The summed E-state index contributed by atoms with van der Waals surface area (Å²) < 4.78 is 26.5. The van der Waals surface area contributed by atoms with Gasteiger partial charge >= 0.3 is 0 Å². The normalized spacial score (nSPS) is 13.5. The van der Waals surface area contributed by atoms with Crippen molar-refractivity contribution in [3.63, 3.8) is 0 Å². The third-order valence-electron chi connectivity index (χ3n) is 3.16. The molecule has 1 atom stereocenters. The van der Waals surface area contributed by atoms with Gasteiger partial charge in [0, 0.05) is 0 Å². The maximum absolute atomic E-state index is 13.5. The molecule has 0 fully saturated rings. The van der Waals surface area contributed by atoms with E-state index < -0.39 is 23.1 Å². The first-order valence-electron chi connectivity index (χ1n) is 6.41. The minimum Gasteiger partial charge on any atom is -0.384 e. The Bertz CT molecular complexity index is 642. The molecule has 0 radical (unpaired) electrons. The molecular weight excluding hydrogens is 276 g/mol. The molecule has 0 aromatic heterocycles. The van der Waals surface area contributed by atoms with Crippen LogP contribution in [0.15, 0.2) is 48.5 Å². The molecule has 21 heavy (non-hydrogen) atoms. The molecule has 0 aliphatic heterocycles. The zero-order valence-corrected chi connectivity index (χ0v) is 11.4. The number of hydrogen-bond acceptors (Lipinski definition) is 2. The van der Waals surface area contributed by atoms with Crippen molar-refractivity contribution in [1.29, 1.82) is 0 Å². The van der Waals surface area contributed by atoms with E-state index >= 15 is 0 Å². The number of rotatable bonds is 4. The van der Waals surface area contributed by atoms with E-state index in [2.05, 4.69) is 5.32 Å². The van der Waals surface area contributed by atoms with Gasteiger partial charge in [-0.05, 0) is 30.7 Å². The molecule has 0 aliphatic carbocycles. The smallest absolute Gasteiger partial charge is 0.254 e. The molecular formula is C16H15F2NO2. The van der Waals surface area contributed by atoms with Crippen molar-refractivity contribution in [3.05, 3.63) is 71.3 Å². The Morgan fingerprint density at radius 1 is 1.19 bits per heavy atom. The largest absolute Gasteiger partial charge is 0.384 e. The molecule has 2 aromatic carbocycles. The Labute approximate surface area is 121 Å². The maximum Gasteiger partial charge on any atom is 0.254 e. The van der Waals surface area contributed by atoms with E-state index in [1.54, 1.807) is 30.3 Å². The van der Waals surface area contributed by atoms with Gasteiger partial charge in [-0.3, -0.25) is 4.79 Å². The van der Waals surface area contributed by atoms with Crippen LogP contribution in [0.4, 0.5) is 8.78 Å². The number of hydrogen-bond donors (Lipinski definition) is 2. The first kappa shape index (κ1) is 15.1. The topological polar surface area (TPSA) is 49.3 Å². The highest BCUT2D eigenvalue weighted by molar-refractivity contribution is 5.94. The molecule has 0 bridgehead atoms. The first-order chi connectivity index (χ1) is 9.90. The van der Waals surface area contributed by atoms with Gasteiger partial charge in [0.1, 0.15) is 17.2 Å². The lowest BCUT2D eigenvalue weighted by atomic mass is 9.96. The van der Waals surface area contributed by atoms with Crippen LogP contribution in [0.1, 0.15) is 22.8 Å². The van der Waals surface area contributed by atoms with E-state index in [0.29, 0.717) is 5.56 Å². The number of nitrogens with one attached hydrogen (secondary N) is 1. The standard InChI is InChI=1S/C16H15F2NO2/c1-16(21,11-5-3-2-4-6-11)10-19-15(20)13-9-12(17)7-8-14(13)18/h2-9,21H,10H2,1H3,(H,19,20). The summed E-state index contributed by atoms with van der Waals surface area (Å²) in [7, 11) is 0. The number of carbonyl (C=O) groups is 1. The van der Waals surface area contributed by atoms with Gasteiger partial charge < -0.3 is 10.4 Å². The van der Waals surface area contributed by atoms with Crippen LogP contribution >= 0.6 is 0 Å². The monoisotopic (exact) mass is 291 g/mol. The quantitative estimate of drug-likeness (QED) is 0.909. The minimum atomic E-state index is -1.30. The third kappa shape index (κ3) is 3.64. The summed E-state index contributed by atoms with van der Waals surface area (Å²) in [6.45, 7) is 1.41. The second kappa shape index (κ2) is 6.01. The Kier molecular flexibility index (Phi) is 4.33. The second-order valence-electron chi connectivity index (χ2n) is 4.95. The van der Waals surface area contributed by atoms with E-state index in [9.17, 15) is 18.7 Å². The predicted molar refractivity (Wildman–Crippen MR) is 74.7 cm³/mol. The lowest BCUT2D eigenvalue weighted by Gasteiger charge is -2.24. The Morgan fingerprint density at radius 2 is 1.86 bits per heavy atom. The first-order valence-corrected chi connectivity index (χ1v) is 6.41. The average molecular weight is 291 g/mol. The van der Waals surface area contributed by atoms with Crippen LogP contribution in [0.25, 0.3) is 0 Å². The van der Waals surface area contributed by atoms with Gasteiger partial charge in [-0.2, -0.15) is 0 Å². The van der Waals surface area contributed by atoms with Crippen LogP contribution in [-0.2, 0) is 5.60 Å². The van der Waals surface area contributed by atoms with Gasteiger partial charge in [-0.15, -0.1) is 0 Å². The average Bonchev–Trinajstić information content (AvgIpc) is 2.48. The summed E-state index contributed by atoms with van der Waals surface area (Å²) in [5.41, 5.74) is -1.08. The lowest BCUT2D eigenvalue weighted by molar-refractivity contribution is 0.0525. The fourth-order valence-corrected chi connectivity index (χ4v) is 1.92. The van der Waals surface area contributed by atoms with Crippen LogP contribution in [-0.4, -0.2) is 17.6 Å². The van der Waals surface area contributed by atoms with Gasteiger partial charge in [-0.1, -0.05) is 30.3 Å². The molecule has 1 amide bonds. The molecule has 2 rings (SSSR count). The lowest BCUT2D eigenvalue weighted by Crippen LogP contribution is -2.38. The van der Waals surface area contributed by atoms with Crippen LogP contribution in [0.5, 0.6) is 0 Å². The molecule has 0 spiro atoms. The Morgan fingerprint density at radius 3 is 2.52 bits per heavy atom. The SMILES string of the molecule is CC(O)(CNC(=O)c1cc(F)ccc1F)c1ccccc1. The molecule has 2 aromatic rings. The summed E-state index contributed by atoms with van der Waals surface area (Å²) in [5, 5.41) is 12.7. The number of aliphatic hydroxyl groups is 1. The van der Waals surface area contributed by atoms with Crippen molar-refractivity contribution in [1.82, 2.24) is 5.32 Å². The van der Waals surface area contributed by atoms with Crippen LogP contribution < -0.4 is 5.32 Å². The number of benzene rings is 2. The summed E-state index contributed by atoms with van der Waals surface area (Å²) >= 11 is 0. The second-order valence-corrected chi connectivity index (χ2v) is 4.95. The van der Waals surface area contributed by atoms with Gasteiger partial charge in [0.25, 0.3) is 5.91 Å². The third-order valence-corrected chi connectivity index (χ3v) is 3.16. The molecule has 0 heterocycles. The molecule has 5 heteroatoms. The van der Waals surface area contributed by atoms with Crippen molar-refractivity contribution < 1.29 is 18.7 Å². The molecule has 0 saturated heterocycles. The fourth-order valence-electron chi connectivity index (χ4n) is 1.92. The summed E-state index contributed by atoms with van der Waals surface area (Å²) in [4.78, 5) is 11.9. The number of amides is 1. The van der Waals surface area contributed by atoms with E-state index in [-0.39, 0.29) is 12.1 Å². The summed E-state index contributed by atoms with van der Waals surface area (Å²) in [6.07, 6.45) is 0. The predicted octanol–water partition coefficient (Wildman–Crippen LogP) is 2.60. The molecule has 0 aliphatic rings. The van der Waals surface area contributed by atoms with Gasteiger partial charge in [-0.25, -0.2) is 8.78 Å². The van der Waals surface area contributed by atoms with Crippen molar-refractivity contribution in [2.75, 3.05) is 6.54 Å². The molecule has 0 saturated carbocycles. The highest BCUT2D eigenvalue weighted by Gasteiger charge is 2.24.